The van der Waals surface area contributed by atoms with E-state index in [0.717, 1.165) is 11.4 Å². The van der Waals surface area contributed by atoms with Gasteiger partial charge in [0, 0.05) is 7.05 Å². The summed E-state index contributed by atoms with van der Waals surface area (Å²) in [5.41, 5.74) is 8.43. The molecule has 2 aromatic heterocycles. The van der Waals surface area contributed by atoms with Gasteiger partial charge in [-0.3, -0.25) is 0 Å². The summed E-state index contributed by atoms with van der Waals surface area (Å²) in [4.78, 5) is 0. The van der Waals surface area contributed by atoms with Crippen molar-refractivity contribution in [3.8, 4) is 0 Å². The van der Waals surface area contributed by atoms with Crippen LogP contribution in [0.2, 0.25) is 0 Å². The molecule has 5 heteroatoms. The highest BCUT2D eigenvalue weighted by atomic mass is 32.1. The van der Waals surface area contributed by atoms with Gasteiger partial charge in [-0.05, 0) is 28.8 Å². The molecule has 0 amide bonds. The summed E-state index contributed by atoms with van der Waals surface area (Å²) in [6.07, 6.45) is 1.66. The van der Waals surface area contributed by atoms with E-state index in [0.29, 0.717) is 0 Å². The zero-order valence-electron chi connectivity index (χ0n) is 8.14. The fraction of sp³-hybridized carbons (Fsp3) is 0.333. The third-order valence-corrected chi connectivity index (χ3v) is 3.13. The lowest BCUT2D eigenvalue weighted by Gasteiger charge is -2.09. The maximum absolute atomic E-state index is 6.09. The maximum atomic E-state index is 6.09. The van der Waals surface area contributed by atoms with Gasteiger partial charge in [0.1, 0.15) is 6.33 Å². The Bertz CT molecular complexity index is 391. The average molecular weight is 208 g/mol. The summed E-state index contributed by atoms with van der Waals surface area (Å²) in [6.45, 7) is 2.06. The Morgan fingerprint density at radius 1 is 1.50 bits per heavy atom. The summed E-state index contributed by atoms with van der Waals surface area (Å²) in [5.74, 6) is 0.798. The molecule has 14 heavy (non-hydrogen) atoms. The number of thiophene rings is 1. The van der Waals surface area contributed by atoms with Gasteiger partial charge in [-0.25, -0.2) is 0 Å². The van der Waals surface area contributed by atoms with Crippen molar-refractivity contribution in [3.63, 3.8) is 0 Å². The summed E-state index contributed by atoms with van der Waals surface area (Å²) < 4.78 is 1.85. The molecule has 0 bridgehead atoms. The van der Waals surface area contributed by atoms with E-state index >= 15 is 0 Å². The van der Waals surface area contributed by atoms with Crippen LogP contribution in [0.4, 0.5) is 0 Å². The lowest BCUT2D eigenvalue weighted by Crippen LogP contribution is -2.16. The largest absolute Gasteiger partial charge is 0.319 e. The van der Waals surface area contributed by atoms with Crippen LogP contribution in [-0.2, 0) is 7.05 Å². The summed E-state index contributed by atoms with van der Waals surface area (Å²) in [6, 6.07) is -0.172. The number of nitrogens with zero attached hydrogens (tertiary/aromatic N) is 3. The minimum Gasteiger partial charge on any atom is -0.319 e. The van der Waals surface area contributed by atoms with Crippen LogP contribution >= 0.6 is 11.3 Å². The zero-order valence-corrected chi connectivity index (χ0v) is 8.95. The Hall–Kier alpha value is -1.20. The maximum Gasteiger partial charge on any atom is 0.154 e. The van der Waals surface area contributed by atoms with Gasteiger partial charge in [0.2, 0.25) is 0 Å². The average Bonchev–Trinajstić information content (AvgIpc) is 2.73. The molecule has 2 heterocycles. The minimum atomic E-state index is -0.172. The molecule has 0 saturated heterocycles. The molecule has 74 valence electrons. The smallest absolute Gasteiger partial charge is 0.154 e. The summed E-state index contributed by atoms with van der Waals surface area (Å²) >= 11 is 1.66. The van der Waals surface area contributed by atoms with Crippen LogP contribution in [0.25, 0.3) is 0 Å². The molecule has 4 nitrogen and oxygen atoms in total. The Morgan fingerprint density at radius 3 is 2.79 bits per heavy atom. The monoisotopic (exact) mass is 208 g/mol. The van der Waals surface area contributed by atoms with E-state index in [1.165, 1.54) is 5.56 Å². The van der Waals surface area contributed by atoms with Crippen LogP contribution in [-0.4, -0.2) is 14.8 Å². The number of rotatable bonds is 2. The van der Waals surface area contributed by atoms with Crippen molar-refractivity contribution in [2.45, 2.75) is 13.0 Å². The molecule has 0 aliphatic carbocycles. The third kappa shape index (κ3) is 1.44. The number of hydrogen-bond donors (Lipinski definition) is 1. The second-order valence-electron chi connectivity index (χ2n) is 3.29. The first-order valence-electron chi connectivity index (χ1n) is 4.32. The summed E-state index contributed by atoms with van der Waals surface area (Å²) in [5, 5.41) is 12.0. The Kier molecular flexibility index (Phi) is 2.35. The van der Waals surface area contributed by atoms with E-state index in [4.69, 9.17) is 5.73 Å². The van der Waals surface area contributed by atoms with E-state index in [1.807, 2.05) is 11.6 Å². The first kappa shape index (κ1) is 9.36. The standard InChI is InChI=1S/C9H12N4S/c1-6-3-14-4-7(6)8(10)9-12-11-5-13(9)2/h3-5,8H,10H2,1-2H3. The number of aryl methyl sites for hydroxylation is 2. The second kappa shape index (κ2) is 3.51. The van der Waals surface area contributed by atoms with Crippen molar-refractivity contribution < 1.29 is 0 Å². The molecule has 2 aromatic rings. The van der Waals surface area contributed by atoms with Gasteiger partial charge in [-0.1, -0.05) is 0 Å². The number of hydrogen-bond acceptors (Lipinski definition) is 4. The lowest BCUT2D eigenvalue weighted by molar-refractivity contribution is 0.713. The van der Waals surface area contributed by atoms with Crippen LogP contribution in [0.5, 0.6) is 0 Å². The van der Waals surface area contributed by atoms with Crippen LogP contribution in [0.1, 0.15) is 23.0 Å². The van der Waals surface area contributed by atoms with Gasteiger partial charge in [0.25, 0.3) is 0 Å². The predicted octanol–water partition coefficient (Wildman–Crippen LogP) is 1.23. The van der Waals surface area contributed by atoms with E-state index < -0.39 is 0 Å². The van der Waals surface area contributed by atoms with Gasteiger partial charge < -0.3 is 10.3 Å². The van der Waals surface area contributed by atoms with Crippen molar-refractivity contribution >= 4 is 11.3 Å². The highest BCUT2D eigenvalue weighted by Gasteiger charge is 2.16. The second-order valence-corrected chi connectivity index (χ2v) is 4.03. The minimum absolute atomic E-state index is 0.172. The van der Waals surface area contributed by atoms with Crippen molar-refractivity contribution in [3.05, 3.63) is 34.0 Å². The molecule has 2 rings (SSSR count). The molecule has 2 N–H and O–H groups in total. The zero-order chi connectivity index (χ0) is 10.1. The van der Waals surface area contributed by atoms with Gasteiger partial charge in [-0.2, -0.15) is 11.3 Å². The van der Waals surface area contributed by atoms with Crippen LogP contribution in [0.3, 0.4) is 0 Å². The summed E-state index contributed by atoms with van der Waals surface area (Å²) in [7, 11) is 1.90. The van der Waals surface area contributed by atoms with E-state index in [1.54, 1.807) is 17.7 Å². The third-order valence-electron chi connectivity index (χ3n) is 2.25. The first-order chi connectivity index (χ1) is 6.70. The highest BCUT2D eigenvalue weighted by molar-refractivity contribution is 7.08. The molecule has 0 aromatic carbocycles. The quantitative estimate of drug-likeness (QED) is 0.807. The molecular formula is C9H12N4S. The first-order valence-corrected chi connectivity index (χ1v) is 5.26. The number of aromatic nitrogens is 3. The van der Waals surface area contributed by atoms with Crippen molar-refractivity contribution in [1.29, 1.82) is 0 Å². The molecule has 0 fully saturated rings. The van der Waals surface area contributed by atoms with Crippen LogP contribution < -0.4 is 5.73 Å². The molecule has 0 radical (unpaired) electrons. The van der Waals surface area contributed by atoms with Crippen LogP contribution in [0.15, 0.2) is 17.1 Å². The molecule has 0 aliphatic heterocycles. The lowest BCUT2D eigenvalue weighted by atomic mass is 10.1. The fourth-order valence-electron chi connectivity index (χ4n) is 1.40. The van der Waals surface area contributed by atoms with E-state index in [9.17, 15) is 0 Å². The van der Waals surface area contributed by atoms with E-state index in [2.05, 4.69) is 27.9 Å². The number of nitrogens with two attached hydrogens (primary N) is 1. The fourth-order valence-corrected chi connectivity index (χ4v) is 2.29. The van der Waals surface area contributed by atoms with Gasteiger partial charge >= 0.3 is 0 Å². The SMILES string of the molecule is Cc1cscc1C(N)c1nncn1C. The van der Waals surface area contributed by atoms with Crippen molar-refractivity contribution in [2.75, 3.05) is 0 Å². The van der Waals surface area contributed by atoms with Crippen LogP contribution in [0, 0.1) is 6.92 Å². The molecule has 0 aliphatic rings. The van der Waals surface area contributed by atoms with E-state index in [-0.39, 0.29) is 6.04 Å². The Balaban J connectivity index is 2.38. The Labute approximate surface area is 86.4 Å². The van der Waals surface area contributed by atoms with Crippen molar-refractivity contribution in [2.24, 2.45) is 12.8 Å². The van der Waals surface area contributed by atoms with Crippen molar-refractivity contribution in [1.82, 2.24) is 14.8 Å². The normalized spacial score (nSPS) is 13.1. The predicted molar refractivity (Wildman–Crippen MR) is 56.1 cm³/mol. The molecular weight excluding hydrogens is 196 g/mol. The molecule has 0 saturated carbocycles. The molecule has 1 unspecified atom stereocenters. The van der Waals surface area contributed by atoms with Gasteiger partial charge in [0.05, 0.1) is 6.04 Å². The molecule has 0 spiro atoms. The van der Waals surface area contributed by atoms with Gasteiger partial charge in [-0.15, -0.1) is 10.2 Å². The molecule has 1 atom stereocenters. The highest BCUT2D eigenvalue weighted by Crippen LogP contribution is 2.23. The van der Waals surface area contributed by atoms with Gasteiger partial charge in [0.15, 0.2) is 5.82 Å². The Morgan fingerprint density at radius 2 is 2.29 bits per heavy atom. The topological polar surface area (TPSA) is 56.7 Å².